The topological polar surface area (TPSA) is 75.7 Å². The number of thioether (sulfide) groups is 1. The van der Waals surface area contributed by atoms with Crippen LogP contribution in [0.3, 0.4) is 0 Å². The Labute approximate surface area is 161 Å². The van der Waals surface area contributed by atoms with E-state index in [1.165, 1.54) is 0 Å². The summed E-state index contributed by atoms with van der Waals surface area (Å²) in [6.07, 6.45) is 2.56. The highest BCUT2D eigenvalue weighted by molar-refractivity contribution is 8.15. The Morgan fingerprint density at radius 2 is 2.04 bits per heavy atom. The van der Waals surface area contributed by atoms with Crippen LogP contribution < -0.4 is 10.1 Å². The molecule has 0 aliphatic carbocycles. The molecule has 8 heteroatoms. The lowest BCUT2D eigenvalue weighted by molar-refractivity contribution is -0.133. The number of likely N-dealkylation sites (tertiary alicyclic amines) is 1. The van der Waals surface area contributed by atoms with E-state index in [2.05, 4.69) is 5.32 Å². The van der Waals surface area contributed by atoms with Gasteiger partial charge < -0.3 is 10.1 Å². The van der Waals surface area contributed by atoms with Crippen LogP contribution in [-0.2, 0) is 14.4 Å². The van der Waals surface area contributed by atoms with Gasteiger partial charge in [0.05, 0.1) is 24.9 Å². The number of carbonyl (C=O) groups is 3. The van der Waals surface area contributed by atoms with Crippen LogP contribution in [0.2, 0.25) is 5.02 Å². The summed E-state index contributed by atoms with van der Waals surface area (Å²) in [5.74, 6) is 0.671. The van der Waals surface area contributed by atoms with Crippen molar-refractivity contribution in [1.29, 1.82) is 0 Å². The maximum atomic E-state index is 12.3. The number of nitrogens with one attached hydrogen (secondary N) is 1. The van der Waals surface area contributed by atoms with Crippen molar-refractivity contribution in [1.82, 2.24) is 10.2 Å². The smallest absolute Gasteiger partial charge is 0.224 e. The first-order valence-electron chi connectivity index (χ1n) is 8.67. The minimum atomic E-state index is -0.712. The average molecular weight is 397 g/mol. The molecule has 140 valence electrons. The summed E-state index contributed by atoms with van der Waals surface area (Å²) in [5, 5.41) is 3.47. The third-order valence-corrected chi connectivity index (χ3v) is 5.69. The number of benzene rings is 1. The molecule has 3 rings (SSSR count). The lowest BCUT2D eigenvalue weighted by Crippen LogP contribution is -2.57. The van der Waals surface area contributed by atoms with Gasteiger partial charge in [0.2, 0.25) is 11.0 Å². The van der Waals surface area contributed by atoms with Gasteiger partial charge >= 0.3 is 0 Å². The molecule has 2 aliphatic heterocycles. The van der Waals surface area contributed by atoms with Crippen molar-refractivity contribution in [2.45, 2.75) is 37.9 Å². The van der Waals surface area contributed by atoms with Crippen molar-refractivity contribution in [2.24, 2.45) is 0 Å². The Bertz CT molecular complexity index is 666. The number of ether oxygens (including phenoxy) is 1. The van der Waals surface area contributed by atoms with Gasteiger partial charge in [0.1, 0.15) is 11.8 Å². The highest BCUT2D eigenvalue weighted by atomic mass is 35.5. The third kappa shape index (κ3) is 4.78. The lowest BCUT2D eigenvalue weighted by Gasteiger charge is -2.38. The van der Waals surface area contributed by atoms with Crippen molar-refractivity contribution >= 4 is 40.2 Å². The van der Waals surface area contributed by atoms with E-state index in [9.17, 15) is 14.4 Å². The molecule has 0 aromatic heterocycles. The molecule has 1 amide bonds. The quantitative estimate of drug-likeness (QED) is 0.743. The van der Waals surface area contributed by atoms with E-state index in [1.54, 1.807) is 24.3 Å². The van der Waals surface area contributed by atoms with Crippen LogP contribution >= 0.6 is 23.4 Å². The van der Waals surface area contributed by atoms with Crippen molar-refractivity contribution in [2.75, 3.05) is 18.9 Å². The largest absolute Gasteiger partial charge is 0.493 e. The molecule has 1 aromatic carbocycles. The minimum absolute atomic E-state index is 0.0628. The van der Waals surface area contributed by atoms with Gasteiger partial charge in [-0.1, -0.05) is 23.4 Å². The van der Waals surface area contributed by atoms with Crippen molar-refractivity contribution < 1.29 is 19.1 Å². The van der Waals surface area contributed by atoms with Crippen LogP contribution in [0.25, 0.3) is 0 Å². The highest BCUT2D eigenvalue weighted by Crippen LogP contribution is 2.27. The number of hydrogen-bond acceptors (Lipinski definition) is 6. The third-order valence-electron chi connectivity index (χ3n) is 4.50. The number of Topliss-reactive ketones (excluding diaryl/α,β-unsaturated/α-hetero) is 1. The molecule has 2 fully saturated rings. The Kier molecular flexibility index (Phi) is 6.56. The van der Waals surface area contributed by atoms with Crippen molar-refractivity contribution in [3.05, 3.63) is 29.3 Å². The number of nitrogens with zero attached hydrogens (tertiary/aromatic N) is 1. The molecule has 6 nitrogen and oxygen atoms in total. The maximum absolute atomic E-state index is 12.3. The zero-order valence-corrected chi connectivity index (χ0v) is 15.9. The van der Waals surface area contributed by atoms with E-state index in [-0.39, 0.29) is 41.8 Å². The highest BCUT2D eigenvalue weighted by Gasteiger charge is 2.42. The SMILES string of the molecule is O=C(CCOc1ccc(Cl)cc1)NC1CCCCN1C1C(=O)CSC1=O. The molecule has 0 radical (unpaired) electrons. The van der Waals surface area contributed by atoms with Gasteiger partial charge in [0, 0.05) is 11.6 Å². The number of rotatable bonds is 6. The summed E-state index contributed by atoms with van der Waals surface area (Å²) in [4.78, 5) is 38.2. The Morgan fingerprint density at radius 1 is 1.27 bits per heavy atom. The Hall–Kier alpha value is -1.57. The predicted molar refractivity (Wildman–Crippen MR) is 100 cm³/mol. The molecule has 1 aromatic rings. The van der Waals surface area contributed by atoms with E-state index in [1.807, 2.05) is 4.90 Å². The fourth-order valence-electron chi connectivity index (χ4n) is 3.22. The molecule has 2 saturated heterocycles. The van der Waals surface area contributed by atoms with Gasteiger partial charge in [-0.2, -0.15) is 0 Å². The molecule has 0 bridgehead atoms. The molecular formula is C18H21ClN2O4S. The zero-order valence-electron chi connectivity index (χ0n) is 14.3. The molecule has 2 heterocycles. The Balaban J connectivity index is 1.50. The first kappa shape index (κ1) is 19.2. The van der Waals surface area contributed by atoms with Gasteiger partial charge in [-0.15, -0.1) is 0 Å². The number of hydrogen-bond donors (Lipinski definition) is 1. The van der Waals surface area contributed by atoms with Gasteiger partial charge in [-0.25, -0.2) is 0 Å². The number of ketones is 1. The summed E-state index contributed by atoms with van der Waals surface area (Å²) >= 11 is 6.89. The summed E-state index contributed by atoms with van der Waals surface area (Å²) in [7, 11) is 0. The molecule has 2 unspecified atom stereocenters. The summed E-state index contributed by atoms with van der Waals surface area (Å²) in [5.41, 5.74) is 0. The first-order valence-corrected chi connectivity index (χ1v) is 10.0. The standard InChI is InChI=1S/C18H21ClN2O4S/c19-12-4-6-13(7-5-12)25-10-8-16(23)20-15-3-1-2-9-21(15)17-14(22)11-26-18(17)24/h4-7,15,17H,1-3,8-11H2,(H,20,23). The minimum Gasteiger partial charge on any atom is -0.493 e. The molecule has 2 atom stereocenters. The Morgan fingerprint density at radius 3 is 2.73 bits per heavy atom. The number of amides is 1. The molecule has 0 saturated carbocycles. The second-order valence-corrected chi connectivity index (χ2v) is 7.76. The summed E-state index contributed by atoms with van der Waals surface area (Å²) < 4.78 is 5.54. The zero-order chi connectivity index (χ0) is 18.5. The van der Waals surface area contributed by atoms with E-state index in [0.717, 1.165) is 31.0 Å². The van der Waals surface area contributed by atoms with Crippen molar-refractivity contribution in [3.63, 3.8) is 0 Å². The van der Waals surface area contributed by atoms with Crippen molar-refractivity contribution in [3.8, 4) is 5.75 Å². The van der Waals surface area contributed by atoms with Gasteiger partial charge in [0.25, 0.3) is 0 Å². The van der Waals surface area contributed by atoms with E-state index >= 15 is 0 Å². The number of halogens is 1. The van der Waals surface area contributed by atoms with Crippen LogP contribution in [0.5, 0.6) is 5.75 Å². The van der Waals surface area contributed by atoms with Gasteiger partial charge in [-0.05, 0) is 43.5 Å². The van der Waals surface area contributed by atoms with E-state index in [4.69, 9.17) is 16.3 Å². The summed E-state index contributed by atoms with van der Waals surface area (Å²) in [6.45, 7) is 0.895. The second-order valence-electron chi connectivity index (χ2n) is 6.35. The number of carbonyl (C=O) groups excluding carboxylic acids is 3. The lowest BCUT2D eigenvalue weighted by atomic mass is 10.0. The van der Waals surface area contributed by atoms with Gasteiger partial charge in [-0.3, -0.25) is 19.3 Å². The second kappa shape index (κ2) is 8.88. The molecule has 1 N–H and O–H groups in total. The van der Waals surface area contributed by atoms with Crippen LogP contribution in [0.1, 0.15) is 25.7 Å². The van der Waals surface area contributed by atoms with Crippen LogP contribution in [0.4, 0.5) is 0 Å². The van der Waals surface area contributed by atoms with Gasteiger partial charge in [0.15, 0.2) is 5.78 Å². The van der Waals surface area contributed by atoms with Crippen LogP contribution in [-0.4, -0.2) is 52.8 Å². The normalized spacial score (nSPS) is 23.9. The first-order chi connectivity index (χ1) is 12.5. The van der Waals surface area contributed by atoms with Crippen LogP contribution in [0, 0.1) is 0 Å². The molecule has 26 heavy (non-hydrogen) atoms. The fraction of sp³-hybridized carbons (Fsp3) is 0.500. The summed E-state index contributed by atoms with van der Waals surface area (Å²) in [6, 6.07) is 6.24. The molecular weight excluding hydrogens is 376 g/mol. The monoisotopic (exact) mass is 396 g/mol. The predicted octanol–water partition coefficient (Wildman–Crippen LogP) is 2.25. The maximum Gasteiger partial charge on any atom is 0.224 e. The molecule has 0 spiro atoms. The number of piperidine rings is 1. The van der Waals surface area contributed by atoms with E-state index < -0.39 is 6.04 Å². The average Bonchev–Trinajstić information content (AvgIpc) is 2.96. The van der Waals surface area contributed by atoms with E-state index in [0.29, 0.717) is 17.3 Å². The molecule has 2 aliphatic rings. The fourth-order valence-corrected chi connectivity index (χ4v) is 4.21. The van der Waals surface area contributed by atoms with Crippen LogP contribution in [0.15, 0.2) is 24.3 Å².